The Morgan fingerprint density at radius 2 is 1.90 bits per heavy atom. The highest BCUT2D eigenvalue weighted by Gasteiger charge is 2.21. The predicted molar refractivity (Wildman–Crippen MR) is 99.8 cm³/mol. The highest BCUT2D eigenvalue weighted by Crippen LogP contribution is 2.10. The fraction of sp³-hybridized carbons (Fsp3) is 0.368. The molecule has 0 aliphatic carbocycles. The number of anilines is 1. The average Bonchev–Trinajstić information content (AvgIpc) is 3.06. The molecule has 10 heteroatoms. The van der Waals surface area contributed by atoms with Crippen molar-refractivity contribution in [2.75, 3.05) is 12.4 Å². The third-order valence-electron chi connectivity index (χ3n) is 3.94. The van der Waals surface area contributed by atoms with Crippen molar-refractivity contribution >= 4 is 23.6 Å². The molecule has 1 atom stereocenters. The van der Waals surface area contributed by atoms with Crippen LogP contribution in [0.25, 0.3) is 0 Å². The van der Waals surface area contributed by atoms with E-state index >= 15 is 0 Å². The molecule has 2 aromatic rings. The number of rotatable bonds is 9. The molecular weight excluding hydrogens is 386 g/mol. The zero-order valence-corrected chi connectivity index (χ0v) is 16.1. The topological polar surface area (TPSA) is 102 Å². The molecule has 1 unspecified atom stereocenters. The van der Waals surface area contributed by atoms with Gasteiger partial charge in [0.05, 0.1) is 19.9 Å². The van der Waals surface area contributed by atoms with Crippen LogP contribution >= 0.6 is 0 Å². The summed E-state index contributed by atoms with van der Waals surface area (Å²) in [6.45, 7) is 1.79. The van der Waals surface area contributed by atoms with Gasteiger partial charge < -0.3 is 19.9 Å². The summed E-state index contributed by atoms with van der Waals surface area (Å²) in [6, 6.07) is 1.99. The van der Waals surface area contributed by atoms with Gasteiger partial charge in [-0.15, -0.1) is 0 Å². The van der Waals surface area contributed by atoms with Crippen LogP contribution in [0.2, 0.25) is 0 Å². The predicted octanol–water partition coefficient (Wildman–Crippen LogP) is 1.80. The van der Waals surface area contributed by atoms with Gasteiger partial charge in [-0.3, -0.25) is 14.4 Å². The summed E-state index contributed by atoms with van der Waals surface area (Å²) >= 11 is 0. The Kier molecular flexibility index (Phi) is 7.81. The van der Waals surface area contributed by atoms with Crippen molar-refractivity contribution in [1.82, 2.24) is 14.9 Å². The van der Waals surface area contributed by atoms with Crippen molar-refractivity contribution in [3.63, 3.8) is 0 Å². The van der Waals surface area contributed by atoms with Crippen LogP contribution in [0.1, 0.15) is 25.3 Å². The Balaban J connectivity index is 1.97. The normalized spacial score (nSPS) is 11.6. The first-order valence-corrected chi connectivity index (χ1v) is 8.94. The van der Waals surface area contributed by atoms with Gasteiger partial charge in [0.25, 0.3) is 0 Å². The fourth-order valence-corrected chi connectivity index (χ4v) is 2.64. The number of hydrogen-bond donors (Lipinski definition) is 2. The van der Waals surface area contributed by atoms with Gasteiger partial charge in [-0.25, -0.2) is 13.8 Å². The summed E-state index contributed by atoms with van der Waals surface area (Å²) in [5, 5.41) is 5.14. The van der Waals surface area contributed by atoms with E-state index in [9.17, 15) is 23.2 Å². The Morgan fingerprint density at radius 3 is 2.52 bits per heavy atom. The SMILES string of the molecule is CCCC(NC(=O)Cc1cc(F)cc(F)c1)C(=O)Nc1cn(CC(=O)OC)cn1. The van der Waals surface area contributed by atoms with Gasteiger partial charge in [-0.1, -0.05) is 13.3 Å². The molecule has 1 aromatic carbocycles. The van der Waals surface area contributed by atoms with Crippen LogP contribution in [-0.4, -0.2) is 40.5 Å². The first kappa shape index (κ1) is 22.0. The quantitative estimate of drug-likeness (QED) is 0.616. The van der Waals surface area contributed by atoms with Crippen molar-refractivity contribution in [2.45, 2.75) is 38.8 Å². The second-order valence-electron chi connectivity index (χ2n) is 6.36. The number of carbonyl (C=O) groups excluding carboxylic acids is 3. The Hall–Kier alpha value is -3.30. The molecular formula is C19H22F2N4O4. The monoisotopic (exact) mass is 408 g/mol. The van der Waals surface area contributed by atoms with E-state index < -0.39 is 35.5 Å². The van der Waals surface area contributed by atoms with Gasteiger partial charge in [0.2, 0.25) is 11.8 Å². The summed E-state index contributed by atoms with van der Waals surface area (Å²) < 4.78 is 32.5. The molecule has 156 valence electrons. The lowest BCUT2D eigenvalue weighted by atomic mass is 10.1. The molecule has 0 aliphatic heterocycles. The Labute approximate surface area is 166 Å². The van der Waals surface area contributed by atoms with E-state index in [4.69, 9.17) is 0 Å². The van der Waals surface area contributed by atoms with E-state index in [1.165, 1.54) is 24.2 Å². The molecule has 0 fully saturated rings. The van der Waals surface area contributed by atoms with Crippen LogP contribution in [0.5, 0.6) is 0 Å². The number of ether oxygens (including phenoxy) is 1. The molecule has 0 saturated carbocycles. The van der Waals surface area contributed by atoms with E-state index in [1.807, 2.05) is 6.92 Å². The first-order chi connectivity index (χ1) is 13.8. The highest BCUT2D eigenvalue weighted by atomic mass is 19.1. The van der Waals surface area contributed by atoms with Crippen molar-refractivity contribution in [3.8, 4) is 0 Å². The summed E-state index contributed by atoms with van der Waals surface area (Å²) in [7, 11) is 1.26. The number of imidazole rings is 1. The molecule has 2 N–H and O–H groups in total. The smallest absolute Gasteiger partial charge is 0.325 e. The second-order valence-corrected chi connectivity index (χ2v) is 6.36. The molecule has 2 amide bonds. The van der Waals surface area contributed by atoms with E-state index in [0.29, 0.717) is 18.9 Å². The first-order valence-electron chi connectivity index (χ1n) is 8.94. The maximum Gasteiger partial charge on any atom is 0.325 e. The third-order valence-corrected chi connectivity index (χ3v) is 3.94. The van der Waals surface area contributed by atoms with Gasteiger partial charge in [-0.05, 0) is 24.1 Å². The van der Waals surface area contributed by atoms with E-state index in [0.717, 1.165) is 12.1 Å². The second kappa shape index (κ2) is 10.3. The number of nitrogens with zero attached hydrogens (tertiary/aromatic N) is 2. The molecule has 1 aromatic heterocycles. The maximum absolute atomic E-state index is 13.3. The number of nitrogens with one attached hydrogen (secondary N) is 2. The number of benzene rings is 1. The van der Waals surface area contributed by atoms with E-state index in [2.05, 4.69) is 20.4 Å². The molecule has 29 heavy (non-hydrogen) atoms. The van der Waals surface area contributed by atoms with Crippen molar-refractivity contribution in [1.29, 1.82) is 0 Å². The van der Waals surface area contributed by atoms with E-state index in [1.54, 1.807) is 0 Å². The lowest BCUT2D eigenvalue weighted by molar-refractivity contribution is -0.141. The van der Waals surface area contributed by atoms with Crippen LogP contribution in [0.3, 0.4) is 0 Å². The number of carbonyl (C=O) groups is 3. The number of methoxy groups -OCH3 is 1. The maximum atomic E-state index is 13.3. The summed E-state index contributed by atoms with van der Waals surface area (Å²) in [4.78, 5) is 40.0. The van der Waals surface area contributed by atoms with Crippen LogP contribution in [0.15, 0.2) is 30.7 Å². The van der Waals surface area contributed by atoms with Crippen LogP contribution in [-0.2, 0) is 32.1 Å². The lowest BCUT2D eigenvalue weighted by Gasteiger charge is -2.17. The molecule has 0 bridgehead atoms. The number of amides is 2. The standard InChI is InChI=1S/C19H22F2N4O4/c1-3-4-15(23-17(26)7-12-5-13(20)8-14(21)6-12)19(28)24-16-9-25(11-22-16)10-18(27)29-2/h5-6,8-9,11,15H,3-4,7,10H2,1-2H3,(H,23,26)(H,24,28). The molecule has 0 saturated heterocycles. The number of aromatic nitrogens is 2. The third kappa shape index (κ3) is 6.98. The molecule has 1 heterocycles. The van der Waals surface area contributed by atoms with Gasteiger partial charge in [0, 0.05) is 12.3 Å². The minimum atomic E-state index is -0.850. The molecule has 0 aliphatic rings. The van der Waals surface area contributed by atoms with Gasteiger partial charge in [-0.2, -0.15) is 0 Å². The minimum Gasteiger partial charge on any atom is -0.468 e. The van der Waals surface area contributed by atoms with Gasteiger partial charge in [0.1, 0.15) is 24.2 Å². The van der Waals surface area contributed by atoms with Crippen molar-refractivity contribution < 1.29 is 27.9 Å². The highest BCUT2D eigenvalue weighted by molar-refractivity contribution is 5.96. The Morgan fingerprint density at radius 1 is 1.21 bits per heavy atom. The summed E-state index contributed by atoms with van der Waals surface area (Å²) in [5.41, 5.74) is 0.164. The zero-order chi connectivity index (χ0) is 21.4. The van der Waals surface area contributed by atoms with Gasteiger partial charge in [0.15, 0.2) is 5.82 Å². The number of hydrogen-bond acceptors (Lipinski definition) is 5. The average molecular weight is 408 g/mol. The van der Waals surface area contributed by atoms with Crippen molar-refractivity contribution in [3.05, 3.63) is 47.9 Å². The number of esters is 1. The fourth-order valence-electron chi connectivity index (χ4n) is 2.64. The summed E-state index contributed by atoms with van der Waals surface area (Å²) in [6.07, 6.45) is 3.52. The van der Waals surface area contributed by atoms with Crippen LogP contribution in [0.4, 0.5) is 14.6 Å². The minimum absolute atomic E-state index is 0.0569. The summed E-state index contributed by atoms with van der Waals surface area (Å²) in [5.74, 6) is -2.85. The van der Waals surface area contributed by atoms with Crippen LogP contribution in [0, 0.1) is 11.6 Å². The molecule has 8 nitrogen and oxygen atoms in total. The largest absolute Gasteiger partial charge is 0.468 e. The molecule has 0 radical (unpaired) electrons. The lowest BCUT2D eigenvalue weighted by Crippen LogP contribution is -2.44. The van der Waals surface area contributed by atoms with Crippen molar-refractivity contribution in [2.24, 2.45) is 0 Å². The van der Waals surface area contributed by atoms with E-state index in [-0.39, 0.29) is 24.3 Å². The molecule has 0 spiro atoms. The van der Waals surface area contributed by atoms with Gasteiger partial charge >= 0.3 is 5.97 Å². The number of halogens is 2. The molecule has 2 rings (SSSR count). The van der Waals surface area contributed by atoms with Crippen LogP contribution < -0.4 is 10.6 Å². The zero-order valence-electron chi connectivity index (χ0n) is 16.1. The Bertz CT molecular complexity index is 865.